The Morgan fingerprint density at radius 1 is 1.06 bits per heavy atom. The van der Waals surface area contributed by atoms with Crippen LogP contribution in [0.4, 0.5) is 13.2 Å². The lowest BCUT2D eigenvalue weighted by molar-refractivity contribution is -0.285. The Balaban J connectivity index is 3.62. The highest BCUT2D eigenvalue weighted by molar-refractivity contribution is 5.76. The Kier molecular flexibility index (Phi) is 6.52. The van der Waals surface area contributed by atoms with E-state index in [4.69, 9.17) is 0 Å². The molecule has 0 saturated heterocycles. The Morgan fingerprint density at radius 3 is 2.19 bits per heavy atom. The van der Waals surface area contributed by atoms with E-state index in [2.05, 4.69) is 9.78 Å². The quantitative estimate of drug-likeness (QED) is 0.422. The largest absolute Gasteiger partial charge is 0.495 e. The van der Waals surface area contributed by atoms with Gasteiger partial charge in [0.15, 0.2) is 0 Å². The molecule has 0 radical (unpaired) electrons. The molecule has 4 nitrogen and oxygen atoms in total. The van der Waals surface area contributed by atoms with Gasteiger partial charge in [-0.1, -0.05) is 26.2 Å². The molecule has 0 unspecified atom stereocenters. The second-order valence-corrected chi connectivity index (χ2v) is 3.13. The number of carbonyl (C=O) groups excluding carboxylic acids is 2. The van der Waals surface area contributed by atoms with E-state index in [1.54, 1.807) is 0 Å². The molecule has 0 amide bonds. The van der Waals surface area contributed by atoms with Gasteiger partial charge in [-0.25, -0.2) is 19.4 Å². The van der Waals surface area contributed by atoms with Gasteiger partial charge < -0.3 is 0 Å². The number of hydrogen-bond acceptors (Lipinski definition) is 4. The highest BCUT2D eigenvalue weighted by atomic mass is 19.4. The van der Waals surface area contributed by atoms with Crippen LogP contribution in [0.3, 0.4) is 0 Å². The van der Waals surface area contributed by atoms with Gasteiger partial charge in [0.2, 0.25) is 0 Å². The van der Waals surface area contributed by atoms with E-state index in [-0.39, 0.29) is 6.42 Å². The molecule has 0 aliphatic rings. The highest BCUT2D eigenvalue weighted by Gasteiger charge is 2.43. The fourth-order valence-corrected chi connectivity index (χ4v) is 0.869. The van der Waals surface area contributed by atoms with E-state index in [0.29, 0.717) is 6.42 Å². The van der Waals surface area contributed by atoms with E-state index in [1.807, 2.05) is 6.92 Å². The average molecular weight is 242 g/mol. The summed E-state index contributed by atoms with van der Waals surface area (Å²) in [5.41, 5.74) is 0. The first-order valence-electron chi connectivity index (χ1n) is 4.86. The summed E-state index contributed by atoms with van der Waals surface area (Å²) in [7, 11) is 0. The average Bonchev–Trinajstić information content (AvgIpc) is 2.19. The SMILES string of the molecule is CCCCCCC(=O)OOC(=O)C(F)(F)F. The topological polar surface area (TPSA) is 52.6 Å². The van der Waals surface area contributed by atoms with Gasteiger partial charge in [-0.15, -0.1) is 0 Å². The van der Waals surface area contributed by atoms with Crippen LogP contribution in [0.1, 0.15) is 39.0 Å². The lowest BCUT2D eigenvalue weighted by atomic mass is 10.2. The van der Waals surface area contributed by atoms with Gasteiger partial charge >= 0.3 is 18.1 Å². The molecule has 0 N–H and O–H groups in total. The fraction of sp³-hybridized carbons (Fsp3) is 0.778. The van der Waals surface area contributed by atoms with E-state index in [1.165, 1.54) is 0 Å². The third kappa shape index (κ3) is 7.08. The molecule has 0 aromatic carbocycles. The molecule has 0 aromatic rings. The summed E-state index contributed by atoms with van der Waals surface area (Å²) >= 11 is 0. The van der Waals surface area contributed by atoms with Crippen LogP contribution >= 0.6 is 0 Å². The van der Waals surface area contributed by atoms with Crippen LogP contribution in [-0.2, 0) is 19.4 Å². The molecule has 0 heterocycles. The Morgan fingerprint density at radius 2 is 1.69 bits per heavy atom. The number of halogens is 3. The van der Waals surface area contributed by atoms with Crippen LogP contribution < -0.4 is 0 Å². The summed E-state index contributed by atoms with van der Waals surface area (Å²) in [5, 5.41) is 0. The highest BCUT2D eigenvalue weighted by Crippen LogP contribution is 2.16. The summed E-state index contributed by atoms with van der Waals surface area (Å²) in [6.45, 7) is 1.98. The number of alkyl halides is 3. The van der Waals surface area contributed by atoms with Gasteiger partial charge in [-0.2, -0.15) is 13.2 Å². The van der Waals surface area contributed by atoms with Crippen molar-refractivity contribution in [2.75, 3.05) is 0 Å². The maximum atomic E-state index is 11.6. The number of hydrogen-bond donors (Lipinski definition) is 0. The molecule has 0 bridgehead atoms. The molecule has 0 spiro atoms. The molecule has 7 heteroatoms. The minimum atomic E-state index is -5.15. The molecule has 0 rings (SSSR count). The summed E-state index contributed by atoms with van der Waals surface area (Å²) in [5.74, 6) is -3.51. The monoisotopic (exact) mass is 242 g/mol. The minimum Gasteiger partial charge on any atom is -0.247 e. The Bertz CT molecular complexity index is 237. The van der Waals surface area contributed by atoms with E-state index in [9.17, 15) is 22.8 Å². The van der Waals surface area contributed by atoms with Crippen molar-refractivity contribution in [1.82, 2.24) is 0 Å². The lowest BCUT2D eigenvalue weighted by Crippen LogP contribution is -2.26. The second kappa shape index (κ2) is 7.08. The molecule has 94 valence electrons. The molecular formula is C9H13F3O4. The van der Waals surface area contributed by atoms with Crippen molar-refractivity contribution >= 4 is 11.9 Å². The number of rotatable bonds is 5. The third-order valence-corrected chi connectivity index (χ3v) is 1.68. The van der Waals surface area contributed by atoms with Crippen molar-refractivity contribution < 1.29 is 32.5 Å². The second-order valence-electron chi connectivity index (χ2n) is 3.13. The lowest BCUT2D eigenvalue weighted by Gasteiger charge is -2.04. The van der Waals surface area contributed by atoms with Crippen LogP contribution in [0.25, 0.3) is 0 Å². The Labute approximate surface area is 90.6 Å². The molecule has 0 saturated carbocycles. The first-order valence-corrected chi connectivity index (χ1v) is 4.86. The Hall–Kier alpha value is -1.27. The third-order valence-electron chi connectivity index (χ3n) is 1.68. The zero-order valence-corrected chi connectivity index (χ0v) is 8.80. The zero-order valence-electron chi connectivity index (χ0n) is 8.80. The maximum absolute atomic E-state index is 11.6. The van der Waals surface area contributed by atoms with E-state index < -0.39 is 18.1 Å². The van der Waals surface area contributed by atoms with E-state index >= 15 is 0 Å². The normalized spacial score (nSPS) is 11.0. The predicted octanol–water partition coefficient (Wildman–Crippen LogP) is 2.52. The zero-order chi connectivity index (χ0) is 12.6. The number of carbonyl (C=O) groups is 2. The van der Waals surface area contributed by atoms with Crippen molar-refractivity contribution in [3.8, 4) is 0 Å². The first kappa shape index (κ1) is 14.7. The predicted molar refractivity (Wildman–Crippen MR) is 47.0 cm³/mol. The van der Waals surface area contributed by atoms with E-state index in [0.717, 1.165) is 19.3 Å². The molecular weight excluding hydrogens is 229 g/mol. The maximum Gasteiger partial charge on any atom is 0.495 e. The molecule has 0 aliphatic carbocycles. The summed E-state index contributed by atoms with van der Waals surface area (Å²) in [6, 6.07) is 0. The molecule has 16 heavy (non-hydrogen) atoms. The molecule has 0 atom stereocenters. The number of unbranched alkanes of at least 4 members (excludes halogenated alkanes) is 3. The molecule has 0 fully saturated rings. The van der Waals surface area contributed by atoms with Crippen LogP contribution in [0.2, 0.25) is 0 Å². The van der Waals surface area contributed by atoms with Gasteiger partial charge in [0.1, 0.15) is 0 Å². The van der Waals surface area contributed by atoms with Crippen LogP contribution in [-0.4, -0.2) is 18.1 Å². The summed E-state index contributed by atoms with van der Waals surface area (Å²) < 4.78 is 34.8. The van der Waals surface area contributed by atoms with Gasteiger partial charge in [0.05, 0.1) is 6.42 Å². The summed E-state index contributed by atoms with van der Waals surface area (Å²) in [6.07, 6.45) is -2.05. The van der Waals surface area contributed by atoms with Crippen molar-refractivity contribution in [2.45, 2.75) is 45.2 Å². The van der Waals surface area contributed by atoms with Crippen LogP contribution in [0.15, 0.2) is 0 Å². The molecule has 0 aliphatic heterocycles. The molecule has 0 aromatic heterocycles. The van der Waals surface area contributed by atoms with Crippen molar-refractivity contribution in [3.63, 3.8) is 0 Å². The van der Waals surface area contributed by atoms with Crippen LogP contribution in [0, 0.1) is 0 Å². The van der Waals surface area contributed by atoms with Gasteiger partial charge in [0, 0.05) is 0 Å². The van der Waals surface area contributed by atoms with Crippen LogP contribution in [0.5, 0.6) is 0 Å². The van der Waals surface area contributed by atoms with Gasteiger partial charge in [-0.05, 0) is 6.42 Å². The minimum absolute atomic E-state index is 0.0643. The van der Waals surface area contributed by atoms with Crippen molar-refractivity contribution in [2.24, 2.45) is 0 Å². The first-order chi connectivity index (χ1) is 7.38. The standard InChI is InChI=1S/C9H13F3O4/c1-2-3-4-5-6-7(13)15-16-8(14)9(10,11)12/h2-6H2,1H3. The smallest absolute Gasteiger partial charge is 0.247 e. The summed E-state index contributed by atoms with van der Waals surface area (Å²) in [4.78, 5) is 27.9. The fourth-order valence-electron chi connectivity index (χ4n) is 0.869. The van der Waals surface area contributed by atoms with Gasteiger partial charge in [-0.3, -0.25) is 0 Å². The van der Waals surface area contributed by atoms with Crippen molar-refractivity contribution in [1.29, 1.82) is 0 Å². The van der Waals surface area contributed by atoms with Crippen molar-refractivity contribution in [3.05, 3.63) is 0 Å². The van der Waals surface area contributed by atoms with Gasteiger partial charge in [0.25, 0.3) is 0 Å².